The minimum absolute atomic E-state index is 0.416. The normalized spacial score (nSPS) is 26.0. The van der Waals surface area contributed by atoms with Gasteiger partial charge >= 0.3 is 0 Å². The van der Waals surface area contributed by atoms with E-state index in [1.165, 1.54) is 77.3 Å². The Morgan fingerprint density at radius 1 is 0.889 bits per heavy atom. The fourth-order valence-corrected chi connectivity index (χ4v) is 3.11. The predicted molar refractivity (Wildman–Crippen MR) is 80.9 cm³/mol. The van der Waals surface area contributed by atoms with Crippen molar-refractivity contribution < 1.29 is 0 Å². The van der Waals surface area contributed by atoms with Crippen LogP contribution >= 0.6 is 0 Å². The summed E-state index contributed by atoms with van der Waals surface area (Å²) < 4.78 is 0. The van der Waals surface area contributed by atoms with Gasteiger partial charge in [-0.1, -0.05) is 52.4 Å². The maximum atomic E-state index is 6.45. The second kappa shape index (κ2) is 9.80. The van der Waals surface area contributed by atoms with Crippen LogP contribution in [0.25, 0.3) is 0 Å². The molecule has 108 valence electrons. The molecule has 2 nitrogen and oxygen atoms in total. The van der Waals surface area contributed by atoms with Gasteiger partial charge in [0.05, 0.1) is 0 Å². The van der Waals surface area contributed by atoms with Crippen molar-refractivity contribution in [2.24, 2.45) is 5.73 Å². The molecule has 2 N–H and O–H groups in total. The van der Waals surface area contributed by atoms with E-state index >= 15 is 0 Å². The van der Waals surface area contributed by atoms with Crippen molar-refractivity contribution >= 4 is 0 Å². The van der Waals surface area contributed by atoms with Gasteiger partial charge in [-0.15, -0.1) is 0 Å². The van der Waals surface area contributed by atoms with Gasteiger partial charge in [-0.05, 0) is 38.8 Å². The summed E-state index contributed by atoms with van der Waals surface area (Å²) in [6.45, 7) is 7.09. The highest BCUT2D eigenvalue weighted by atomic mass is 15.2. The first-order valence-corrected chi connectivity index (χ1v) is 8.29. The fourth-order valence-electron chi connectivity index (χ4n) is 3.11. The van der Waals surface area contributed by atoms with Crippen LogP contribution in [0, 0.1) is 0 Å². The van der Waals surface area contributed by atoms with Gasteiger partial charge in [0.1, 0.15) is 0 Å². The van der Waals surface area contributed by atoms with Gasteiger partial charge in [0.15, 0.2) is 0 Å². The summed E-state index contributed by atoms with van der Waals surface area (Å²) in [6, 6.07) is 1.07. The topological polar surface area (TPSA) is 29.3 Å². The minimum Gasteiger partial charge on any atom is -0.326 e. The fraction of sp³-hybridized carbons (Fsp3) is 1.00. The molecule has 0 aliphatic heterocycles. The summed E-state index contributed by atoms with van der Waals surface area (Å²) in [4.78, 5) is 2.71. The lowest BCUT2D eigenvalue weighted by Gasteiger charge is -2.37. The highest BCUT2D eigenvalue weighted by Gasteiger charge is 2.24. The Hall–Kier alpha value is -0.0800. The molecule has 2 unspecified atom stereocenters. The molecule has 0 aromatic heterocycles. The Labute approximate surface area is 114 Å². The number of unbranched alkanes of at least 4 members (excludes halogenated alkanes) is 2. The highest BCUT2D eigenvalue weighted by molar-refractivity contribution is 4.83. The SMILES string of the molecule is CCCCN(CCCC)C1CCCCCCC1N. The van der Waals surface area contributed by atoms with Crippen LogP contribution in [-0.2, 0) is 0 Å². The molecule has 1 fully saturated rings. The van der Waals surface area contributed by atoms with Crippen molar-refractivity contribution in [3.63, 3.8) is 0 Å². The smallest absolute Gasteiger partial charge is 0.0247 e. The molecular formula is C16H34N2. The second-order valence-corrected chi connectivity index (χ2v) is 5.97. The first-order valence-electron chi connectivity index (χ1n) is 8.29. The van der Waals surface area contributed by atoms with E-state index in [1.807, 2.05) is 0 Å². The molecule has 0 amide bonds. The van der Waals surface area contributed by atoms with Crippen molar-refractivity contribution in [2.45, 2.75) is 90.1 Å². The van der Waals surface area contributed by atoms with E-state index in [4.69, 9.17) is 5.73 Å². The molecule has 0 heterocycles. The summed E-state index contributed by atoms with van der Waals surface area (Å²) in [5, 5.41) is 0. The van der Waals surface area contributed by atoms with Crippen molar-refractivity contribution in [2.75, 3.05) is 13.1 Å². The Bertz CT molecular complexity index is 186. The molecule has 1 saturated carbocycles. The summed E-state index contributed by atoms with van der Waals surface area (Å²) in [6.07, 6.45) is 13.3. The lowest BCUT2D eigenvalue weighted by Crippen LogP contribution is -2.49. The molecule has 1 rings (SSSR count). The average molecular weight is 254 g/mol. The van der Waals surface area contributed by atoms with Crippen molar-refractivity contribution in [3.8, 4) is 0 Å². The number of nitrogens with zero attached hydrogens (tertiary/aromatic N) is 1. The van der Waals surface area contributed by atoms with Crippen LogP contribution in [0.1, 0.15) is 78.1 Å². The van der Waals surface area contributed by atoms with E-state index in [0.717, 1.165) is 0 Å². The lowest BCUT2D eigenvalue weighted by atomic mass is 9.91. The Kier molecular flexibility index (Phi) is 8.70. The Morgan fingerprint density at radius 3 is 2.00 bits per heavy atom. The van der Waals surface area contributed by atoms with Gasteiger partial charge in [-0.25, -0.2) is 0 Å². The molecule has 1 aliphatic carbocycles. The zero-order valence-corrected chi connectivity index (χ0v) is 12.7. The van der Waals surface area contributed by atoms with Crippen molar-refractivity contribution in [3.05, 3.63) is 0 Å². The lowest BCUT2D eigenvalue weighted by molar-refractivity contribution is 0.144. The van der Waals surface area contributed by atoms with E-state index in [-0.39, 0.29) is 0 Å². The molecule has 0 radical (unpaired) electrons. The maximum Gasteiger partial charge on any atom is 0.0247 e. The van der Waals surface area contributed by atoms with E-state index < -0.39 is 0 Å². The monoisotopic (exact) mass is 254 g/mol. The van der Waals surface area contributed by atoms with Crippen LogP contribution in [0.15, 0.2) is 0 Å². The summed E-state index contributed by atoms with van der Waals surface area (Å²) in [5.41, 5.74) is 6.45. The third-order valence-electron chi connectivity index (χ3n) is 4.35. The summed E-state index contributed by atoms with van der Waals surface area (Å²) in [7, 11) is 0. The minimum atomic E-state index is 0.416. The molecule has 0 saturated heterocycles. The van der Waals surface area contributed by atoms with Crippen LogP contribution in [0.3, 0.4) is 0 Å². The van der Waals surface area contributed by atoms with Crippen LogP contribution in [-0.4, -0.2) is 30.1 Å². The number of hydrogen-bond donors (Lipinski definition) is 1. The Balaban J connectivity index is 2.53. The van der Waals surface area contributed by atoms with Gasteiger partial charge in [0, 0.05) is 12.1 Å². The van der Waals surface area contributed by atoms with E-state index in [1.54, 1.807) is 0 Å². The van der Waals surface area contributed by atoms with Gasteiger partial charge < -0.3 is 5.73 Å². The standard InChI is InChI=1S/C16H34N2/c1-3-5-13-18(14-6-4-2)16-12-10-8-7-9-11-15(16)17/h15-16H,3-14,17H2,1-2H3. The summed E-state index contributed by atoms with van der Waals surface area (Å²) in [5.74, 6) is 0. The van der Waals surface area contributed by atoms with Crippen molar-refractivity contribution in [1.82, 2.24) is 4.90 Å². The van der Waals surface area contributed by atoms with E-state index in [2.05, 4.69) is 18.7 Å². The zero-order valence-electron chi connectivity index (χ0n) is 12.7. The average Bonchev–Trinajstić information content (AvgIpc) is 2.36. The maximum absolute atomic E-state index is 6.45. The second-order valence-electron chi connectivity index (χ2n) is 5.97. The molecule has 2 atom stereocenters. The first-order chi connectivity index (χ1) is 8.79. The number of hydrogen-bond acceptors (Lipinski definition) is 2. The third kappa shape index (κ3) is 5.71. The van der Waals surface area contributed by atoms with Gasteiger partial charge in [-0.2, -0.15) is 0 Å². The first kappa shape index (κ1) is 16.0. The van der Waals surface area contributed by atoms with Crippen LogP contribution in [0.4, 0.5) is 0 Å². The summed E-state index contributed by atoms with van der Waals surface area (Å²) >= 11 is 0. The van der Waals surface area contributed by atoms with E-state index in [0.29, 0.717) is 12.1 Å². The molecule has 0 bridgehead atoms. The quantitative estimate of drug-likeness (QED) is 0.745. The van der Waals surface area contributed by atoms with Gasteiger partial charge in [0.25, 0.3) is 0 Å². The molecule has 0 spiro atoms. The van der Waals surface area contributed by atoms with Crippen molar-refractivity contribution in [1.29, 1.82) is 0 Å². The van der Waals surface area contributed by atoms with E-state index in [9.17, 15) is 0 Å². The zero-order chi connectivity index (χ0) is 13.2. The highest BCUT2D eigenvalue weighted by Crippen LogP contribution is 2.21. The molecule has 2 heteroatoms. The van der Waals surface area contributed by atoms with Crippen LogP contribution in [0.2, 0.25) is 0 Å². The number of rotatable bonds is 7. The predicted octanol–water partition coefficient (Wildman–Crippen LogP) is 3.94. The molecular weight excluding hydrogens is 220 g/mol. The molecule has 0 aromatic rings. The van der Waals surface area contributed by atoms with Gasteiger partial charge in [0.2, 0.25) is 0 Å². The Morgan fingerprint density at radius 2 is 1.44 bits per heavy atom. The molecule has 18 heavy (non-hydrogen) atoms. The number of nitrogens with two attached hydrogens (primary N) is 1. The molecule has 1 aliphatic rings. The third-order valence-corrected chi connectivity index (χ3v) is 4.35. The molecule has 0 aromatic carbocycles. The van der Waals surface area contributed by atoms with Gasteiger partial charge in [-0.3, -0.25) is 4.90 Å². The van der Waals surface area contributed by atoms with Crippen LogP contribution in [0.5, 0.6) is 0 Å². The largest absolute Gasteiger partial charge is 0.326 e. The van der Waals surface area contributed by atoms with Crippen LogP contribution < -0.4 is 5.73 Å².